The zero-order valence-electron chi connectivity index (χ0n) is 10.7. The normalized spacial score (nSPS) is 10.1. The molecule has 0 atom stereocenters. The number of benzene rings is 1. The number of amides is 1. The van der Waals surface area contributed by atoms with Crippen molar-refractivity contribution in [2.24, 2.45) is 0 Å². The Bertz CT molecular complexity index is 584. The van der Waals surface area contributed by atoms with Gasteiger partial charge in [-0.2, -0.15) is 0 Å². The van der Waals surface area contributed by atoms with E-state index in [1.54, 1.807) is 36.7 Å². The van der Waals surface area contributed by atoms with Gasteiger partial charge in [0.15, 0.2) is 0 Å². The highest BCUT2D eigenvalue weighted by Crippen LogP contribution is 2.28. The molecular formula is C14H14ClN3O. The molecule has 0 fully saturated rings. The maximum atomic E-state index is 12.1. The van der Waals surface area contributed by atoms with Crippen LogP contribution in [-0.2, 0) is 0 Å². The SMILES string of the molecule is CN(C)c1ccc(Cl)cc1NC(=O)c1ccncc1. The van der Waals surface area contributed by atoms with Crippen LogP contribution in [-0.4, -0.2) is 25.0 Å². The molecule has 0 bridgehead atoms. The molecule has 2 aromatic rings. The molecule has 0 radical (unpaired) electrons. The van der Waals surface area contributed by atoms with E-state index >= 15 is 0 Å². The number of halogens is 1. The van der Waals surface area contributed by atoms with Gasteiger partial charge >= 0.3 is 0 Å². The lowest BCUT2D eigenvalue weighted by atomic mass is 10.2. The van der Waals surface area contributed by atoms with Gasteiger partial charge < -0.3 is 10.2 Å². The third-order valence-electron chi connectivity index (χ3n) is 2.63. The van der Waals surface area contributed by atoms with Crippen LogP contribution in [0.25, 0.3) is 0 Å². The first-order valence-electron chi connectivity index (χ1n) is 5.76. The van der Waals surface area contributed by atoms with Crippen LogP contribution in [0.4, 0.5) is 11.4 Å². The molecule has 1 heterocycles. The molecule has 0 spiro atoms. The number of aromatic nitrogens is 1. The molecule has 1 aromatic heterocycles. The van der Waals surface area contributed by atoms with Gasteiger partial charge in [0, 0.05) is 37.1 Å². The average Bonchev–Trinajstić information content (AvgIpc) is 2.39. The van der Waals surface area contributed by atoms with Gasteiger partial charge in [0.05, 0.1) is 11.4 Å². The third kappa shape index (κ3) is 3.23. The van der Waals surface area contributed by atoms with E-state index in [0.717, 1.165) is 5.69 Å². The predicted octanol–water partition coefficient (Wildman–Crippen LogP) is 3.05. The number of carbonyl (C=O) groups excluding carboxylic acids is 1. The summed E-state index contributed by atoms with van der Waals surface area (Å²) in [5, 5.41) is 3.44. The second-order valence-electron chi connectivity index (χ2n) is 4.25. The van der Waals surface area contributed by atoms with E-state index in [1.165, 1.54) is 0 Å². The molecule has 0 unspecified atom stereocenters. The molecule has 19 heavy (non-hydrogen) atoms. The predicted molar refractivity (Wildman–Crippen MR) is 78.0 cm³/mol. The number of rotatable bonds is 3. The number of hydrogen-bond donors (Lipinski definition) is 1. The minimum Gasteiger partial charge on any atom is -0.376 e. The standard InChI is InChI=1S/C14H14ClN3O/c1-18(2)13-4-3-11(15)9-12(13)17-14(19)10-5-7-16-8-6-10/h3-9H,1-2H3,(H,17,19). The van der Waals surface area contributed by atoms with Crippen molar-refractivity contribution in [3.8, 4) is 0 Å². The van der Waals surface area contributed by atoms with Crippen LogP contribution in [0.3, 0.4) is 0 Å². The third-order valence-corrected chi connectivity index (χ3v) is 2.87. The van der Waals surface area contributed by atoms with Crippen LogP contribution in [0.2, 0.25) is 5.02 Å². The number of nitrogens with zero attached hydrogens (tertiary/aromatic N) is 2. The molecular weight excluding hydrogens is 262 g/mol. The Morgan fingerprint density at radius 1 is 1.21 bits per heavy atom. The first-order valence-corrected chi connectivity index (χ1v) is 6.14. The second kappa shape index (κ2) is 5.71. The van der Waals surface area contributed by atoms with Gasteiger partial charge in [-0.15, -0.1) is 0 Å². The fourth-order valence-corrected chi connectivity index (χ4v) is 1.87. The summed E-state index contributed by atoms with van der Waals surface area (Å²) in [6.07, 6.45) is 3.17. The smallest absolute Gasteiger partial charge is 0.255 e. The monoisotopic (exact) mass is 275 g/mol. The molecule has 5 heteroatoms. The van der Waals surface area contributed by atoms with Crippen LogP contribution in [0.5, 0.6) is 0 Å². The van der Waals surface area contributed by atoms with Crippen molar-refractivity contribution in [1.82, 2.24) is 4.98 Å². The Kier molecular flexibility index (Phi) is 4.02. The maximum Gasteiger partial charge on any atom is 0.255 e. The van der Waals surface area contributed by atoms with Gasteiger partial charge in [-0.05, 0) is 30.3 Å². The molecule has 4 nitrogen and oxygen atoms in total. The first-order chi connectivity index (χ1) is 9.08. The number of pyridine rings is 1. The molecule has 0 aliphatic rings. The van der Waals surface area contributed by atoms with E-state index in [4.69, 9.17) is 11.6 Å². The van der Waals surface area contributed by atoms with E-state index in [-0.39, 0.29) is 5.91 Å². The summed E-state index contributed by atoms with van der Waals surface area (Å²) >= 11 is 5.97. The fourth-order valence-electron chi connectivity index (χ4n) is 1.70. The van der Waals surface area contributed by atoms with Crippen molar-refractivity contribution in [1.29, 1.82) is 0 Å². The van der Waals surface area contributed by atoms with Crippen molar-refractivity contribution in [2.45, 2.75) is 0 Å². The minimum absolute atomic E-state index is 0.187. The molecule has 0 aliphatic heterocycles. The van der Waals surface area contributed by atoms with Crippen LogP contribution >= 0.6 is 11.6 Å². The first kappa shape index (κ1) is 13.4. The summed E-state index contributed by atoms with van der Waals surface area (Å²) in [7, 11) is 3.82. The zero-order chi connectivity index (χ0) is 13.8. The van der Waals surface area contributed by atoms with Crippen LogP contribution in [0, 0.1) is 0 Å². The molecule has 1 N–H and O–H groups in total. The lowest BCUT2D eigenvalue weighted by Gasteiger charge is -2.18. The van der Waals surface area contributed by atoms with Gasteiger partial charge in [0.25, 0.3) is 5.91 Å². The highest BCUT2D eigenvalue weighted by molar-refractivity contribution is 6.31. The Morgan fingerprint density at radius 2 is 1.89 bits per heavy atom. The second-order valence-corrected chi connectivity index (χ2v) is 4.68. The van der Waals surface area contributed by atoms with Crippen molar-refractivity contribution >= 4 is 28.9 Å². The van der Waals surface area contributed by atoms with Crippen molar-refractivity contribution in [3.63, 3.8) is 0 Å². The van der Waals surface area contributed by atoms with Crippen molar-refractivity contribution < 1.29 is 4.79 Å². The topological polar surface area (TPSA) is 45.2 Å². The van der Waals surface area contributed by atoms with E-state index in [9.17, 15) is 4.79 Å². The maximum absolute atomic E-state index is 12.1. The molecule has 1 aromatic carbocycles. The largest absolute Gasteiger partial charge is 0.376 e. The van der Waals surface area contributed by atoms with Crippen molar-refractivity contribution in [3.05, 3.63) is 53.3 Å². The zero-order valence-corrected chi connectivity index (χ0v) is 11.5. The van der Waals surface area contributed by atoms with E-state index in [1.807, 2.05) is 25.1 Å². The minimum atomic E-state index is -0.187. The Hall–Kier alpha value is -2.07. The summed E-state index contributed by atoms with van der Waals surface area (Å²) in [6, 6.07) is 8.71. The van der Waals surface area contributed by atoms with Crippen LogP contribution in [0.1, 0.15) is 10.4 Å². The van der Waals surface area contributed by atoms with Crippen molar-refractivity contribution in [2.75, 3.05) is 24.3 Å². The highest BCUT2D eigenvalue weighted by Gasteiger charge is 2.10. The molecule has 98 valence electrons. The number of hydrogen-bond acceptors (Lipinski definition) is 3. The summed E-state index contributed by atoms with van der Waals surface area (Å²) in [4.78, 5) is 17.9. The van der Waals surface area contributed by atoms with Crippen LogP contribution < -0.4 is 10.2 Å². The summed E-state index contributed by atoms with van der Waals surface area (Å²) in [5.74, 6) is -0.187. The molecule has 0 saturated heterocycles. The highest BCUT2D eigenvalue weighted by atomic mass is 35.5. The molecule has 0 aliphatic carbocycles. The lowest BCUT2D eigenvalue weighted by molar-refractivity contribution is 0.102. The lowest BCUT2D eigenvalue weighted by Crippen LogP contribution is -2.16. The number of anilines is 2. The fraction of sp³-hybridized carbons (Fsp3) is 0.143. The Balaban J connectivity index is 2.28. The van der Waals surface area contributed by atoms with E-state index < -0.39 is 0 Å². The average molecular weight is 276 g/mol. The Labute approximate surface area is 117 Å². The molecule has 1 amide bonds. The van der Waals surface area contributed by atoms with Gasteiger partial charge in [-0.1, -0.05) is 11.6 Å². The summed E-state index contributed by atoms with van der Waals surface area (Å²) < 4.78 is 0. The number of nitrogens with one attached hydrogen (secondary N) is 1. The van der Waals surface area contributed by atoms with Gasteiger partial charge in [0.2, 0.25) is 0 Å². The quantitative estimate of drug-likeness (QED) is 0.936. The molecule has 0 saturated carbocycles. The number of carbonyl (C=O) groups is 1. The van der Waals surface area contributed by atoms with Crippen LogP contribution in [0.15, 0.2) is 42.7 Å². The van der Waals surface area contributed by atoms with Gasteiger partial charge in [-0.3, -0.25) is 9.78 Å². The van der Waals surface area contributed by atoms with Gasteiger partial charge in [0.1, 0.15) is 0 Å². The van der Waals surface area contributed by atoms with E-state index in [2.05, 4.69) is 10.3 Å². The van der Waals surface area contributed by atoms with Gasteiger partial charge in [-0.25, -0.2) is 0 Å². The Morgan fingerprint density at radius 3 is 2.53 bits per heavy atom. The summed E-state index contributed by atoms with van der Waals surface area (Å²) in [5.41, 5.74) is 2.13. The summed E-state index contributed by atoms with van der Waals surface area (Å²) in [6.45, 7) is 0. The molecule has 2 rings (SSSR count). The van der Waals surface area contributed by atoms with E-state index in [0.29, 0.717) is 16.3 Å².